The maximum atomic E-state index is 9.14. The van der Waals surface area contributed by atoms with Crippen LogP contribution in [0.25, 0.3) is 0 Å². The Morgan fingerprint density at radius 2 is 2.36 bits per heavy atom. The predicted octanol–water partition coefficient (Wildman–Crippen LogP) is -0.600. The highest BCUT2D eigenvalue weighted by Crippen LogP contribution is 2.22. The summed E-state index contributed by atoms with van der Waals surface area (Å²) in [5.74, 6) is 0. The molecular formula is C7H15N5OS. The second-order valence-electron chi connectivity index (χ2n) is 3.00. The quantitative estimate of drug-likeness (QED) is 0.640. The molecule has 6 nitrogen and oxygen atoms in total. The first-order valence-electron chi connectivity index (χ1n) is 4.44. The van der Waals surface area contributed by atoms with Crippen molar-refractivity contribution in [2.75, 3.05) is 6.61 Å². The van der Waals surface area contributed by atoms with Gasteiger partial charge in [0.05, 0.1) is 11.9 Å². The van der Waals surface area contributed by atoms with Crippen LogP contribution >= 0.6 is 11.8 Å². The highest BCUT2D eigenvalue weighted by atomic mass is 32.2. The molecule has 0 saturated carbocycles. The summed E-state index contributed by atoms with van der Waals surface area (Å²) >= 11 is 1.41. The molecule has 0 aromatic carbocycles. The van der Waals surface area contributed by atoms with Gasteiger partial charge in [0.2, 0.25) is 5.16 Å². The van der Waals surface area contributed by atoms with Gasteiger partial charge in [-0.1, -0.05) is 18.7 Å². The molecule has 7 heteroatoms. The fraction of sp³-hybridized carbons (Fsp3) is 0.857. The van der Waals surface area contributed by atoms with Gasteiger partial charge >= 0.3 is 0 Å². The molecule has 1 rings (SSSR count). The Morgan fingerprint density at radius 1 is 1.64 bits per heavy atom. The number of tetrazole rings is 1. The van der Waals surface area contributed by atoms with Crippen molar-refractivity contribution in [3.63, 3.8) is 0 Å². The van der Waals surface area contributed by atoms with E-state index in [1.54, 1.807) is 11.7 Å². The van der Waals surface area contributed by atoms with Crippen LogP contribution in [0.4, 0.5) is 0 Å². The number of aromatic nitrogens is 4. The van der Waals surface area contributed by atoms with Gasteiger partial charge in [0.1, 0.15) is 0 Å². The molecule has 0 spiro atoms. The zero-order chi connectivity index (χ0) is 10.6. The van der Waals surface area contributed by atoms with E-state index in [9.17, 15) is 0 Å². The maximum absolute atomic E-state index is 9.14. The molecule has 0 fully saturated rings. The number of hydrogen-bond donors (Lipinski definition) is 2. The smallest absolute Gasteiger partial charge is 0.209 e. The summed E-state index contributed by atoms with van der Waals surface area (Å²) < 4.78 is 1.57. The first-order valence-corrected chi connectivity index (χ1v) is 5.32. The molecule has 80 valence electrons. The molecule has 0 aliphatic rings. The number of aliphatic hydroxyl groups is 1. The summed E-state index contributed by atoms with van der Waals surface area (Å²) in [6, 6.07) is -0.0401. The summed E-state index contributed by atoms with van der Waals surface area (Å²) in [7, 11) is 1.76. The molecule has 0 saturated heterocycles. The summed E-state index contributed by atoms with van der Waals surface area (Å²) in [5.41, 5.74) is 5.84. The standard InChI is InChI=1S/C7H15N5OS/c1-3-5(8)6(4-13)14-7-9-10-11-12(7)2/h5-6,13H,3-4,8H2,1-2H3. The molecule has 1 aromatic rings. The van der Waals surface area contributed by atoms with E-state index in [-0.39, 0.29) is 17.9 Å². The first kappa shape index (κ1) is 11.4. The molecule has 14 heavy (non-hydrogen) atoms. The van der Waals surface area contributed by atoms with Crippen LogP contribution in [0.5, 0.6) is 0 Å². The lowest BCUT2D eigenvalue weighted by atomic mass is 10.2. The van der Waals surface area contributed by atoms with Crippen LogP contribution in [-0.4, -0.2) is 43.2 Å². The minimum atomic E-state index is -0.0512. The molecule has 0 amide bonds. The Labute approximate surface area is 86.9 Å². The molecule has 2 unspecified atom stereocenters. The molecule has 1 heterocycles. The van der Waals surface area contributed by atoms with Gasteiger partial charge < -0.3 is 10.8 Å². The van der Waals surface area contributed by atoms with Crippen molar-refractivity contribution in [2.45, 2.75) is 29.8 Å². The predicted molar refractivity (Wildman–Crippen MR) is 53.8 cm³/mol. The van der Waals surface area contributed by atoms with Crippen molar-refractivity contribution >= 4 is 11.8 Å². The van der Waals surface area contributed by atoms with Gasteiger partial charge in [-0.3, -0.25) is 0 Å². The maximum Gasteiger partial charge on any atom is 0.209 e. The third-order valence-corrected chi connectivity index (χ3v) is 3.33. The van der Waals surface area contributed by atoms with Crippen LogP contribution < -0.4 is 5.73 Å². The Morgan fingerprint density at radius 3 is 2.79 bits per heavy atom. The van der Waals surface area contributed by atoms with Crippen LogP contribution in [0, 0.1) is 0 Å². The average molecular weight is 217 g/mol. The fourth-order valence-electron chi connectivity index (χ4n) is 0.979. The van der Waals surface area contributed by atoms with Crippen molar-refractivity contribution in [1.82, 2.24) is 20.2 Å². The van der Waals surface area contributed by atoms with Gasteiger partial charge in [-0.25, -0.2) is 4.68 Å². The largest absolute Gasteiger partial charge is 0.395 e. The van der Waals surface area contributed by atoms with Gasteiger partial charge in [-0.05, 0) is 16.8 Å². The molecule has 0 radical (unpaired) electrons. The number of nitrogens with two attached hydrogens (primary N) is 1. The number of aryl methyl sites for hydroxylation is 1. The molecule has 3 N–H and O–H groups in total. The van der Waals surface area contributed by atoms with Crippen LogP contribution in [0.1, 0.15) is 13.3 Å². The van der Waals surface area contributed by atoms with Crippen LogP contribution in [0.2, 0.25) is 0 Å². The molecular weight excluding hydrogens is 202 g/mol. The lowest BCUT2D eigenvalue weighted by molar-refractivity contribution is 0.280. The van der Waals surface area contributed by atoms with Crippen LogP contribution in [0.15, 0.2) is 5.16 Å². The van der Waals surface area contributed by atoms with E-state index >= 15 is 0 Å². The van der Waals surface area contributed by atoms with E-state index < -0.39 is 0 Å². The Bertz CT molecular complexity index is 279. The fourth-order valence-corrected chi connectivity index (χ4v) is 1.96. The van der Waals surface area contributed by atoms with E-state index in [1.165, 1.54) is 11.8 Å². The zero-order valence-corrected chi connectivity index (χ0v) is 9.11. The first-order chi connectivity index (χ1) is 6.69. The second-order valence-corrected chi connectivity index (χ2v) is 4.20. The SMILES string of the molecule is CCC(N)C(CO)Sc1nnnn1C. The number of nitrogens with zero attached hydrogens (tertiary/aromatic N) is 4. The van der Waals surface area contributed by atoms with Gasteiger partial charge in [-0.2, -0.15) is 0 Å². The minimum absolute atomic E-state index is 0.0343. The van der Waals surface area contributed by atoms with Crippen LogP contribution in [-0.2, 0) is 7.05 Å². The van der Waals surface area contributed by atoms with Gasteiger partial charge in [-0.15, -0.1) is 5.10 Å². The monoisotopic (exact) mass is 217 g/mol. The van der Waals surface area contributed by atoms with Crippen LogP contribution in [0.3, 0.4) is 0 Å². The summed E-state index contributed by atoms with van der Waals surface area (Å²) in [6.07, 6.45) is 0.823. The van der Waals surface area contributed by atoms with Crippen molar-refractivity contribution in [2.24, 2.45) is 12.8 Å². The van der Waals surface area contributed by atoms with Gasteiger partial charge in [0.25, 0.3) is 0 Å². The second kappa shape index (κ2) is 5.28. The van der Waals surface area contributed by atoms with E-state index in [4.69, 9.17) is 10.8 Å². The number of aliphatic hydroxyl groups excluding tert-OH is 1. The van der Waals surface area contributed by atoms with Gasteiger partial charge in [0, 0.05) is 13.1 Å². The number of hydrogen-bond acceptors (Lipinski definition) is 6. The highest BCUT2D eigenvalue weighted by Gasteiger charge is 2.19. The topological polar surface area (TPSA) is 89.8 Å². The summed E-state index contributed by atoms with van der Waals surface area (Å²) in [5, 5.41) is 20.8. The molecule has 1 aromatic heterocycles. The van der Waals surface area contributed by atoms with Crippen molar-refractivity contribution in [3.05, 3.63) is 0 Å². The zero-order valence-electron chi connectivity index (χ0n) is 8.29. The van der Waals surface area contributed by atoms with Crippen molar-refractivity contribution in [1.29, 1.82) is 0 Å². The molecule has 0 bridgehead atoms. The van der Waals surface area contributed by atoms with E-state index in [1.807, 2.05) is 6.92 Å². The normalized spacial score (nSPS) is 15.4. The Kier molecular flexibility index (Phi) is 4.30. The minimum Gasteiger partial charge on any atom is -0.395 e. The Balaban J connectivity index is 2.61. The lowest BCUT2D eigenvalue weighted by Gasteiger charge is -2.18. The average Bonchev–Trinajstić information content (AvgIpc) is 2.59. The third kappa shape index (κ3) is 2.66. The van der Waals surface area contributed by atoms with E-state index in [0.717, 1.165) is 6.42 Å². The Hall–Kier alpha value is -0.660. The van der Waals surface area contributed by atoms with E-state index in [0.29, 0.717) is 5.16 Å². The third-order valence-electron chi connectivity index (χ3n) is 1.97. The highest BCUT2D eigenvalue weighted by molar-refractivity contribution is 7.99. The molecule has 2 atom stereocenters. The number of thioether (sulfide) groups is 1. The summed E-state index contributed by atoms with van der Waals surface area (Å²) in [4.78, 5) is 0. The van der Waals surface area contributed by atoms with Crippen molar-refractivity contribution < 1.29 is 5.11 Å². The van der Waals surface area contributed by atoms with Crippen molar-refractivity contribution in [3.8, 4) is 0 Å². The molecule has 0 aliphatic carbocycles. The summed E-state index contributed by atoms with van der Waals surface area (Å²) in [6.45, 7) is 2.02. The number of rotatable bonds is 5. The molecule has 0 aliphatic heterocycles. The lowest BCUT2D eigenvalue weighted by Crippen LogP contribution is -2.34. The van der Waals surface area contributed by atoms with Gasteiger partial charge in [0.15, 0.2) is 0 Å². The van der Waals surface area contributed by atoms with E-state index in [2.05, 4.69) is 15.5 Å².